The number of anilines is 1. The number of hydrogen-bond acceptors (Lipinski definition) is 4. The van der Waals surface area contributed by atoms with Gasteiger partial charge in [0.2, 0.25) is 0 Å². The van der Waals surface area contributed by atoms with Gasteiger partial charge >= 0.3 is 0 Å². The monoisotopic (exact) mass is 323 g/mol. The number of benzene rings is 2. The molecule has 0 saturated heterocycles. The minimum Gasteiger partial charge on any atom is -0.493 e. The van der Waals surface area contributed by atoms with Crippen LogP contribution in [0.1, 0.15) is 17.0 Å². The summed E-state index contributed by atoms with van der Waals surface area (Å²) in [6.07, 6.45) is 4.51. The van der Waals surface area contributed by atoms with Crippen LogP contribution in [-0.2, 0) is 13.0 Å². The maximum Gasteiger partial charge on any atom is 0.165 e. The number of rotatable bonds is 6. The Kier molecular flexibility index (Phi) is 4.70. The molecule has 2 aromatic carbocycles. The maximum atomic E-state index is 5.86. The van der Waals surface area contributed by atoms with Crippen LogP contribution >= 0.6 is 0 Å². The summed E-state index contributed by atoms with van der Waals surface area (Å²) < 4.78 is 13.0. The number of aromatic nitrogens is 2. The Morgan fingerprint density at radius 3 is 2.67 bits per heavy atom. The van der Waals surface area contributed by atoms with Gasteiger partial charge in [0.05, 0.1) is 20.8 Å². The molecule has 1 aromatic heterocycles. The zero-order valence-corrected chi connectivity index (χ0v) is 13.9. The van der Waals surface area contributed by atoms with Crippen molar-refractivity contribution >= 4 is 5.69 Å². The molecule has 0 aliphatic heterocycles. The van der Waals surface area contributed by atoms with Crippen LogP contribution < -0.4 is 15.2 Å². The highest BCUT2D eigenvalue weighted by molar-refractivity contribution is 5.47. The zero-order chi connectivity index (χ0) is 16.9. The lowest BCUT2D eigenvalue weighted by Crippen LogP contribution is -2.07. The number of nitrogens with two attached hydrogens (primary N) is 1. The smallest absolute Gasteiger partial charge is 0.165 e. The van der Waals surface area contributed by atoms with Crippen LogP contribution in [0.2, 0.25) is 0 Å². The SMILES string of the molecule is COc1cccc(Cn2ccnc2Cc2cccc(N)c2)c1OC. The molecule has 0 unspecified atom stereocenters. The number of ether oxygens (including phenoxy) is 2. The molecule has 0 saturated carbocycles. The van der Waals surface area contributed by atoms with E-state index in [1.165, 1.54) is 0 Å². The predicted molar refractivity (Wildman–Crippen MR) is 94.5 cm³/mol. The topological polar surface area (TPSA) is 62.3 Å². The Bertz CT molecular complexity index is 827. The second kappa shape index (κ2) is 7.08. The molecular formula is C19H21N3O2. The Morgan fingerprint density at radius 2 is 1.92 bits per heavy atom. The summed E-state index contributed by atoms with van der Waals surface area (Å²) in [6.45, 7) is 0.665. The predicted octanol–water partition coefficient (Wildman–Crippen LogP) is 3.12. The van der Waals surface area contributed by atoms with Crippen LogP contribution in [0.3, 0.4) is 0 Å². The molecule has 0 aliphatic carbocycles. The van der Waals surface area contributed by atoms with Crippen molar-refractivity contribution in [2.45, 2.75) is 13.0 Å². The van der Waals surface area contributed by atoms with E-state index < -0.39 is 0 Å². The average molecular weight is 323 g/mol. The first-order valence-corrected chi connectivity index (χ1v) is 7.75. The number of nitrogen functional groups attached to an aromatic ring is 1. The normalized spacial score (nSPS) is 10.6. The lowest BCUT2D eigenvalue weighted by molar-refractivity contribution is 0.351. The molecule has 124 valence electrons. The first kappa shape index (κ1) is 15.9. The number of para-hydroxylation sites is 1. The van der Waals surface area contributed by atoms with Crippen molar-refractivity contribution < 1.29 is 9.47 Å². The fourth-order valence-corrected chi connectivity index (χ4v) is 2.80. The van der Waals surface area contributed by atoms with E-state index in [2.05, 4.69) is 15.6 Å². The van der Waals surface area contributed by atoms with Crippen molar-refractivity contribution in [3.63, 3.8) is 0 Å². The summed E-state index contributed by atoms with van der Waals surface area (Å²) >= 11 is 0. The summed E-state index contributed by atoms with van der Waals surface area (Å²) in [5.41, 5.74) is 8.81. The molecule has 5 nitrogen and oxygen atoms in total. The molecule has 0 fully saturated rings. The fourth-order valence-electron chi connectivity index (χ4n) is 2.80. The third-order valence-electron chi connectivity index (χ3n) is 3.94. The van der Waals surface area contributed by atoms with E-state index in [1.807, 2.05) is 48.8 Å². The fraction of sp³-hybridized carbons (Fsp3) is 0.211. The van der Waals surface area contributed by atoms with E-state index in [-0.39, 0.29) is 0 Å². The van der Waals surface area contributed by atoms with Gasteiger partial charge in [0.1, 0.15) is 5.82 Å². The van der Waals surface area contributed by atoms with E-state index >= 15 is 0 Å². The lowest BCUT2D eigenvalue weighted by Gasteiger charge is -2.14. The van der Waals surface area contributed by atoms with Crippen LogP contribution in [0.25, 0.3) is 0 Å². The Morgan fingerprint density at radius 1 is 1.08 bits per heavy atom. The third-order valence-corrected chi connectivity index (χ3v) is 3.94. The molecule has 1 heterocycles. The average Bonchev–Trinajstić information content (AvgIpc) is 3.01. The van der Waals surface area contributed by atoms with E-state index in [0.29, 0.717) is 6.54 Å². The standard InChI is InChI=1S/C19H21N3O2/c1-23-17-8-4-6-15(19(17)24-2)13-22-10-9-21-18(22)12-14-5-3-7-16(20)11-14/h3-11H,12-13,20H2,1-2H3. The molecule has 3 rings (SSSR count). The van der Waals surface area contributed by atoms with E-state index in [9.17, 15) is 0 Å². The van der Waals surface area contributed by atoms with Crippen LogP contribution in [0, 0.1) is 0 Å². The highest BCUT2D eigenvalue weighted by Gasteiger charge is 2.12. The van der Waals surface area contributed by atoms with Crippen LogP contribution in [-0.4, -0.2) is 23.8 Å². The molecule has 0 bridgehead atoms. The van der Waals surface area contributed by atoms with Gasteiger partial charge in [-0.15, -0.1) is 0 Å². The highest BCUT2D eigenvalue weighted by Crippen LogP contribution is 2.31. The van der Waals surface area contributed by atoms with E-state index in [1.54, 1.807) is 14.2 Å². The highest BCUT2D eigenvalue weighted by atomic mass is 16.5. The van der Waals surface area contributed by atoms with Crippen LogP contribution in [0.15, 0.2) is 54.9 Å². The maximum absolute atomic E-state index is 5.86. The number of methoxy groups -OCH3 is 2. The first-order chi connectivity index (χ1) is 11.7. The van der Waals surface area contributed by atoms with Gasteiger partial charge in [-0.05, 0) is 23.8 Å². The Hall–Kier alpha value is -2.95. The molecule has 24 heavy (non-hydrogen) atoms. The minimum absolute atomic E-state index is 0.665. The second-order valence-electron chi connectivity index (χ2n) is 5.55. The van der Waals surface area contributed by atoms with Crippen molar-refractivity contribution in [3.05, 3.63) is 71.8 Å². The van der Waals surface area contributed by atoms with Gasteiger partial charge < -0.3 is 19.8 Å². The Labute approximate surface area is 141 Å². The summed E-state index contributed by atoms with van der Waals surface area (Å²) in [7, 11) is 3.30. The van der Waals surface area contributed by atoms with Crippen molar-refractivity contribution in [2.24, 2.45) is 0 Å². The second-order valence-corrected chi connectivity index (χ2v) is 5.55. The summed E-state index contributed by atoms with van der Waals surface area (Å²) in [5, 5.41) is 0. The number of imidazole rings is 1. The van der Waals surface area contributed by atoms with Crippen molar-refractivity contribution in [2.75, 3.05) is 20.0 Å². The van der Waals surface area contributed by atoms with Gasteiger partial charge in [-0.3, -0.25) is 0 Å². The number of nitrogens with zero attached hydrogens (tertiary/aromatic N) is 2. The van der Waals surface area contributed by atoms with Crippen molar-refractivity contribution in [3.8, 4) is 11.5 Å². The molecule has 5 heteroatoms. The molecule has 0 aliphatic rings. The van der Waals surface area contributed by atoms with Gasteiger partial charge in [0.15, 0.2) is 11.5 Å². The van der Waals surface area contributed by atoms with Gasteiger partial charge in [-0.1, -0.05) is 24.3 Å². The summed E-state index contributed by atoms with van der Waals surface area (Å²) in [4.78, 5) is 4.49. The van der Waals surface area contributed by atoms with Gasteiger partial charge in [0.25, 0.3) is 0 Å². The van der Waals surface area contributed by atoms with Crippen LogP contribution in [0.5, 0.6) is 11.5 Å². The molecule has 0 radical (unpaired) electrons. The summed E-state index contributed by atoms with van der Waals surface area (Å²) in [6, 6.07) is 13.8. The van der Waals surface area contributed by atoms with Gasteiger partial charge in [-0.2, -0.15) is 0 Å². The Balaban J connectivity index is 1.86. The zero-order valence-electron chi connectivity index (χ0n) is 13.9. The molecule has 0 atom stereocenters. The molecule has 2 N–H and O–H groups in total. The lowest BCUT2D eigenvalue weighted by atomic mass is 10.1. The van der Waals surface area contributed by atoms with E-state index in [0.717, 1.165) is 40.6 Å². The van der Waals surface area contributed by atoms with Crippen molar-refractivity contribution in [1.82, 2.24) is 9.55 Å². The van der Waals surface area contributed by atoms with Crippen LogP contribution in [0.4, 0.5) is 5.69 Å². The third kappa shape index (κ3) is 3.35. The largest absolute Gasteiger partial charge is 0.493 e. The number of hydrogen-bond donors (Lipinski definition) is 1. The quantitative estimate of drug-likeness (QED) is 0.708. The van der Waals surface area contributed by atoms with Gasteiger partial charge in [-0.25, -0.2) is 4.98 Å². The van der Waals surface area contributed by atoms with Crippen molar-refractivity contribution in [1.29, 1.82) is 0 Å². The summed E-state index contributed by atoms with van der Waals surface area (Å²) in [5.74, 6) is 2.46. The first-order valence-electron chi connectivity index (χ1n) is 7.75. The van der Waals surface area contributed by atoms with E-state index in [4.69, 9.17) is 15.2 Å². The minimum atomic E-state index is 0.665. The van der Waals surface area contributed by atoms with Gasteiger partial charge in [0, 0.05) is 30.1 Å². The molecular weight excluding hydrogens is 302 g/mol. The molecule has 0 amide bonds. The molecule has 0 spiro atoms. The molecule has 3 aromatic rings.